The molecule has 1 aromatic carbocycles. The topological polar surface area (TPSA) is 94.2 Å². The molecule has 1 atom stereocenters. The largest absolute Gasteiger partial charge is 0.460 e. The molecule has 2 aliphatic heterocycles. The van der Waals surface area contributed by atoms with Crippen LogP contribution in [0.2, 0.25) is 0 Å². The van der Waals surface area contributed by atoms with Gasteiger partial charge in [0.25, 0.3) is 0 Å². The van der Waals surface area contributed by atoms with E-state index < -0.39 is 23.8 Å². The Kier molecular flexibility index (Phi) is 9.14. The van der Waals surface area contributed by atoms with Gasteiger partial charge >= 0.3 is 17.9 Å². The van der Waals surface area contributed by atoms with E-state index in [1.165, 1.54) is 0 Å². The molecule has 192 valence electrons. The Hall–Kier alpha value is -3.33. The minimum absolute atomic E-state index is 0.0895. The average Bonchev–Trinajstić information content (AvgIpc) is 2.80. The molecule has 0 aromatic heterocycles. The lowest BCUT2D eigenvalue weighted by atomic mass is 9.80. The minimum atomic E-state index is -0.695. The van der Waals surface area contributed by atoms with Crippen molar-refractivity contribution in [1.29, 1.82) is 0 Å². The maximum absolute atomic E-state index is 13.3. The van der Waals surface area contributed by atoms with Gasteiger partial charge in [0.05, 0.1) is 28.7 Å². The van der Waals surface area contributed by atoms with E-state index in [2.05, 4.69) is 21.2 Å². The van der Waals surface area contributed by atoms with Crippen molar-refractivity contribution < 1.29 is 28.6 Å². The van der Waals surface area contributed by atoms with Crippen molar-refractivity contribution in [1.82, 2.24) is 10.2 Å². The van der Waals surface area contributed by atoms with E-state index in [-0.39, 0.29) is 19.3 Å². The quantitative estimate of drug-likeness (QED) is 0.284. The molecule has 3 rings (SSSR count). The fourth-order valence-electron chi connectivity index (χ4n) is 4.09. The predicted molar refractivity (Wildman–Crippen MR) is 138 cm³/mol. The number of allylic oxidation sites excluding steroid dienone is 3. The number of halogens is 1. The fourth-order valence-corrected chi connectivity index (χ4v) is 4.51. The monoisotopic (exact) mass is 558 g/mol. The molecule has 8 nitrogen and oxygen atoms in total. The highest BCUT2D eigenvalue weighted by molar-refractivity contribution is 9.10. The Balaban J connectivity index is 1.78. The Bertz CT molecular complexity index is 1160. The van der Waals surface area contributed by atoms with Gasteiger partial charge in [-0.15, -0.1) is 0 Å². The second-order valence-electron chi connectivity index (χ2n) is 8.82. The molecule has 0 bridgehead atoms. The SMILES string of the molecule is CC1=C(C(=O)OCCOC(=O)C2=CN(C)C=CC2)C(c2cccc(Br)c2)C(C(=O)OC(C)C)=C(C)N1. The maximum atomic E-state index is 13.3. The molecule has 1 unspecified atom stereocenters. The van der Waals surface area contributed by atoms with E-state index in [9.17, 15) is 14.4 Å². The van der Waals surface area contributed by atoms with Gasteiger partial charge in [0.2, 0.25) is 0 Å². The molecule has 0 amide bonds. The molecule has 2 aliphatic rings. The third kappa shape index (κ3) is 6.66. The lowest BCUT2D eigenvalue weighted by Gasteiger charge is -2.31. The first-order valence-electron chi connectivity index (χ1n) is 11.7. The predicted octanol–water partition coefficient (Wildman–Crippen LogP) is 4.46. The van der Waals surface area contributed by atoms with Gasteiger partial charge in [0.1, 0.15) is 13.2 Å². The number of ether oxygens (including phenoxy) is 3. The summed E-state index contributed by atoms with van der Waals surface area (Å²) in [5.41, 5.74) is 3.07. The zero-order chi connectivity index (χ0) is 26.4. The number of carbonyl (C=O) groups is 3. The van der Waals surface area contributed by atoms with Crippen LogP contribution < -0.4 is 5.32 Å². The Morgan fingerprint density at radius 1 is 1.06 bits per heavy atom. The average molecular weight is 559 g/mol. The van der Waals surface area contributed by atoms with Crippen LogP contribution in [0.1, 0.15) is 45.6 Å². The third-order valence-corrected chi connectivity index (χ3v) is 6.07. The molecule has 0 saturated heterocycles. The van der Waals surface area contributed by atoms with E-state index in [0.717, 1.165) is 10.0 Å². The zero-order valence-corrected chi connectivity index (χ0v) is 22.7. The molecule has 0 saturated carbocycles. The summed E-state index contributed by atoms with van der Waals surface area (Å²) in [7, 11) is 1.82. The van der Waals surface area contributed by atoms with Gasteiger partial charge in [-0.1, -0.05) is 34.1 Å². The summed E-state index contributed by atoms with van der Waals surface area (Å²) in [5.74, 6) is -2.27. The number of nitrogens with one attached hydrogen (secondary N) is 1. The fraction of sp³-hybridized carbons (Fsp3) is 0.370. The summed E-state index contributed by atoms with van der Waals surface area (Å²) >= 11 is 3.47. The summed E-state index contributed by atoms with van der Waals surface area (Å²) in [4.78, 5) is 40.4. The van der Waals surface area contributed by atoms with Crippen LogP contribution in [-0.4, -0.2) is 49.2 Å². The highest BCUT2D eigenvalue weighted by Crippen LogP contribution is 2.40. The first kappa shape index (κ1) is 27.3. The van der Waals surface area contributed by atoms with Crippen LogP contribution in [-0.2, 0) is 28.6 Å². The van der Waals surface area contributed by atoms with Gasteiger partial charge in [-0.05, 0) is 51.6 Å². The maximum Gasteiger partial charge on any atom is 0.337 e. The number of benzene rings is 1. The lowest BCUT2D eigenvalue weighted by Crippen LogP contribution is -2.33. The van der Waals surface area contributed by atoms with Crippen LogP contribution in [0.25, 0.3) is 0 Å². The van der Waals surface area contributed by atoms with Gasteiger partial charge in [-0.2, -0.15) is 0 Å². The van der Waals surface area contributed by atoms with Gasteiger partial charge in [0, 0.05) is 35.5 Å². The van der Waals surface area contributed by atoms with E-state index in [1.54, 1.807) is 38.8 Å². The summed E-state index contributed by atoms with van der Waals surface area (Å²) in [6.45, 7) is 6.86. The van der Waals surface area contributed by atoms with Gasteiger partial charge in [-0.25, -0.2) is 14.4 Å². The standard InChI is InChI=1S/C27H31BrN2O6/c1-16(2)36-27(33)23-18(4)29-17(3)22(24(23)19-8-6-10-21(28)14-19)26(32)35-13-12-34-25(31)20-9-7-11-30(5)15-20/h6-8,10-11,14-16,24,29H,9,12-13H2,1-5H3. The number of esters is 3. The molecule has 2 heterocycles. The minimum Gasteiger partial charge on any atom is -0.460 e. The number of dihydropyridines is 1. The zero-order valence-electron chi connectivity index (χ0n) is 21.1. The van der Waals surface area contributed by atoms with Crippen molar-refractivity contribution in [2.75, 3.05) is 20.3 Å². The normalized spacial score (nSPS) is 17.6. The Labute approximate surface area is 219 Å². The van der Waals surface area contributed by atoms with Gasteiger partial charge in [-0.3, -0.25) is 0 Å². The molecule has 0 fully saturated rings. The van der Waals surface area contributed by atoms with Gasteiger partial charge < -0.3 is 24.4 Å². The number of rotatable bonds is 8. The highest BCUT2D eigenvalue weighted by Gasteiger charge is 2.38. The van der Waals surface area contributed by atoms with Crippen molar-refractivity contribution in [2.24, 2.45) is 0 Å². The second kappa shape index (κ2) is 12.1. The summed E-state index contributed by atoms with van der Waals surface area (Å²) in [6, 6.07) is 7.41. The van der Waals surface area contributed by atoms with Crippen LogP contribution in [0.15, 0.2) is 75.3 Å². The van der Waals surface area contributed by atoms with E-state index in [0.29, 0.717) is 34.5 Å². The Morgan fingerprint density at radius 3 is 2.31 bits per heavy atom. The number of carbonyl (C=O) groups excluding carboxylic acids is 3. The van der Waals surface area contributed by atoms with Crippen LogP contribution >= 0.6 is 15.9 Å². The van der Waals surface area contributed by atoms with Crippen molar-refractivity contribution in [3.05, 3.63) is 80.9 Å². The smallest absolute Gasteiger partial charge is 0.337 e. The number of hydrogen-bond donors (Lipinski definition) is 1. The molecular weight excluding hydrogens is 528 g/mol. The van der Waals surface area contributed by atoms with Crippen molar-refractivity contribution in [3.8, 4) is 0 Å². The van der Waals surface area contributed by atoms with Crippen LogP contribution in [0.3, 0.4) is 0 Å². The molecule has 0 aliphatic carbocycles. The molecule has 1 N–H and O–H groups in total. The first-order valence-corrected chi connectivity index (χ1v) is 12.5. The molecule has 0 radical (unpaired) electrons. The van der Waals surface area contributed by atoms with Crippen molar-refractivity contribution >= 4 is 33.8 Å². The number of nitrogens with zero attached hydrogens (tertiary/aromatic N) is 1. The summed E-state index contributed by atoms with van der Waals surface area (Å²) in [5, 5.41) is 3.13. The van der Waals surface area contributed by atoms with Crippen LogP contribution in [0.4, 0.5) is 0 Å². The summed E-state index contributed by atoms with van der Waals surface area (Å²) < 4.78 is 17.1. The molecule has 9 heteroatoms. The molecular formula is C27H31BrN2O6. The van der Waals surface area contributed by atoms with E-state index in [1.807, 2.05) is 43.6 Å². The first-order chi connectivity index (χ1) is 17.1. The molecule has 36 heavy (non-hydrogen) atoms. The molecule has 1 aromatic rings. The summed E-state index contributed by atoms with van der Waals surface area (Å²) in [6.07, 6.45) is 5.57. The molecule has 0 spiro atoms. The van der Waals surface area contributed by atoms with Crippen LogP contribution in [0.5, 0.6) is 0 Å². The number of hydrogen-bond acceptors (Lipinski definition) is 8. The Morgan fingerprint density at radius 2 is 1.69 bits per heavy atom. The van der Waals surface area contributed by atoms with Crippen molar-refractivity contribution in [3.63, 3.8) is 0 Å². The van der Waals surface area contributed by atoms with Crippen molar-refractivity contribution in [2.45, 2.75) is 46.1 Å². The second-order valence-corrected chi connectivity index (χ2v) is 9.74. The van der Waals surface area contributed by atoms with Gasteiger partial charge in [0.15, 0.2) is 0 Å². The third-order valence-electron chi connectivity index (χ3n) is 5.57. The van der Waals surface area contributed by atoms with E-state index in [4.69, 9.17) is 14.2 Å². The highest BCUT2D eigenvalue weighted by atomic mass is 79.9. The van der Waals surface area contributed by atoms with E-state index >= 15 is 0 Å². The van der Waals surface area contributed by atoms with Crippen LogP contribution in [0, 0.1) is 0 Å². The lowest BCUT2D eigenvalue weighted by molar-refractivity contribution is -0.148.